The third-order valence-electron chi connectivity index (χ3n) is 1.55. The fourth-order valence-electron chi connectivity index (χ4n) is 1.01. The van der Waals surface area contributed by atoms with Crippen LogP contribution in [-0.4, -0.2) is 0 Å². The first-order valence-electron chi connectivity index (χ1n) is 3.21. The van der Waals surface area contributed by atoms with Crippen molar-refractivity contribution in [3.8, 4) is 0 Å². The van der Waals surface area contributed by atoms with E-state index in [4.69, 9.17) is 34.8 Å². The Hall–Kier alpha value is 0.0500. The predicted molar refractivity (Wildman–Crippen MR) is 56.9 cm³/mol. The van der Waals surface area contributed by atoms with Crippen molar-refractivity contribution in [3.05, 3.63) is 32.6 Å². The molecule has 0 aliphatic rings. The molecule has 0 atom stereocenters. The molecule has 62 valence electrons. The molecule has 1 aromatic heterocycles. The summed E-state index contributed by atoms with van der Waals surface area (Å²) in [5, 5.41) is 2.29. The average Bonchev–Trinajstić information content (AvgIpc) is 2.28. The first-order valence-corrected chi connectivity index (χ1v) is 5.16. The minimum absolute atomic E-state index is 0.619. The third-order valence-corrected chi connectivity index (χ3v) is 3.75. The number of halogens is 3. The van der Waals surface area contributed by atoms with E-state index in [0.717, 1.165) is 10.1 Å². The fourth-order valence-corrected chi connectivity index (χ4v) is 2.79. The van der Waals surface area contributed by atoms with Gasteiger partial charge in [0.25, 0.3) is 0 Å². The van der Waals surface area contributed by atoms with Crippen molar-refractivity contribution in [1.29, 1.82) is 0 Å². The van der Waals surface area contributed by atoms with Gasteiger partial charge in [0.2, 0.25) is 0 Å². The van der Waals surface area contributed by atoms with Gasteiger partial charge in [-0.05, 0) is 12.1 Å². The lowest BCUT2D eigenvalue weighted by Gasteiger charge is -1.89. The Morgan fingerprint density at radius 2 is 1.83 bits per heavy atom. The monoisotopic (exact) mass is 236 g/mol. The van der Waals surface area contributed by atoms with Crippen LogP contribution in [0.4, 0.5) is 0 Å². The Morgan fingerprint density at radius 1 is 1.08 bits per heavy atom. The summed E-state index contributed by atoms with van der Waals surface area (Å²) in [7, 11) is 0. The van der Waals surface area contributed by atoms with Crippen molar-refractivity contribution in [2.45, 2.75) is 0 Å². The van der Waals surface area contributed by atoms with Crippen molar-refractivity contribution in [2.24, 2.45) is 0 Å². The summed E-state index contributed by atoms with van der Waals surface area (Å²) >= 11 is 19.0. The SMILES string of the molecule is Clc1ccc2c(Cl)c(Cl)sc2c1. The molecule has 2 rings (SSSR count). The predicted octanol–water partition coefficient (Wildman–Crippen LogP) is 4.86. The molecule has 0 aliphatic heterocycles. The molecule has 0 aliphatic carbocycles. The van der Waals surface area contributed by atoms with Gasteiger partial charge in [-0.3, -0.25) is 0 Å². The maximum atomic E-state index is 5.93. The van der Waals surface area contributed by atoms with Gasteiger partial charge in [-0.1, -0.05) is 40.9 Å². The van der Waals surface area contributed by atoms with E-state index in [1.54, 1.807) is 6.07 Å². The second-order valence-electron chi connectivity index (χ2n) is 2.33. The summed E-state index contributed by atoms with van der Waals surface area (Å²) in [5.41, 5.74) is 0. The van der Waals surface area contributed by atoms with Crippen LogP contribution in [0.3, 0.4) is 0 Å². The number of benzene rings is 1. The van der Waals surface area contributed by atoms with Gasteiger partial charge in [-0.25, -0.2) is 0 Å². The quantitative estimate of drug-likeness (QED) is 0.614. The molecular weight excluding hydrogens is 235 g/mol. The highest BCUT2D eigenvalue weighted by Crippen LogP contribution is 2.39. The van der Waals surface area contributed by atoms with Crippen molar-refractivity contribution in [2.75, 3.05) is 0 Å². The minimum Gasteiger partial charge on any atom is -0.122 e. The highest BCUT2D eigenvalue weighted by Gasteiger charge is 2.07. The Bertz CT molecular complexity index is 433. The van der Waals surface area contributed by atoms with Crippen LogP contribution in [-0.2, 0) is 0 Å². The number of hydrogen-bond donors (Lipinski definition) is 0. The molecule has 0 amide bonds. The Kier molecular flexibility index (Phi) is 2.21. The second kappa shape index (κ2) is 3.08. The number of fused-ring (bicyclic) bond motifs is 1. The summed E-state index contributed by atoms with van der Waals surface area (Å²) in [4.78, 5) is 0. The van der Waals surface area contributed by atoms with Gasteiger partial charge >= 0.3 is 0 Å². The van der Waals surface area contributed by atoms with E-state index in [0.29, 0.717) is 14.4 Å². The molecule has 2 aromatic rings. The summed E-state index contributed by atoms with van der Waals surface area (Å²) in [6.45, 7) is 0. The minimum atomic E-state index is 0.619. The first-order chi connectivity index (χ1) is 5.68. The summed E-state index contributed by atoms with van der Waals surface area (Å²) in [5.74, 6) is 0. The number of thiophene rings is 1. The van der Waals surface area contributed by atoms with E-state index < -0.39 is 0 Å². The topological polar surface area (TPSA) is 0 Å². The zero-order chi connectivity index (χ0) is 8.72. The molecule has 0 nitrogen and oxygen atoms in total. The van der Waals surface area contributed by atoms with Gasteiger partial charge in [0.15, 0.2) is 0 Å². The second-order valence-corrected chi connectivity index (χ2v) is 4.80. The molecule has 0 radical (unpaired) electrons. The highest BCUT2D eigenvalue weighted by molar-refractivity contribution is 7.23. The first kappa shape index (κ1) is 8.64. The normalized spacial score (nSPS) is 10.9. The largest absolute Gasteiger partial charge is 0.122 e. The zero-order valence-electron chi connectivity index (χ0n) is 5.77. The van der Waals surface area contributed by atoms with E-state index in [9.17, 15) is 0 Å². The van der Waals surface area contributed by atoms with Crippen molar-refractivity contribution in [3.63, 3.8) is 0 Å². The molecule has 0 saturated carbocycles. The van der Waals surface area contributed by atoms with Gasteiger partial charge in [0.1, 0.15) is 4.34 Å². The molecule has 0 saturated heterocycles. The number of rotatable bonds is 0. The van der Waals surface area contributed by atoms with E-state index in [1.165, 1.54) is 11.3 Å². The van der Waals surface area contributed by atoms with Crippen LogP contribution in [0.2, 0.25) is 14.4 Å². The molecule has 1 heterocycles. The molecular formula is C8H3Cl3S. The molecule has 4 heteroatoms. The summed E-state index contributed by atoms with van der Waals surface area (Å²) < 4.78 is 1.64. The van der Waals surface area contributed by atoms with E-state index in [-0.39, 0.29) is 0 Å². The Balaban J connectivity index is 2.87. The van der Waals surface area contributed by atoms with Crippen LogP contribution < -0.4 is 0 Å². The number of hydrogen-bond acceptors (Lipinski definition) is 1. The van der Waals surface area contributed by atoms with Crippen molar-refractivity contribution < 1.29 is 0 Å². The van der Waals surface area contributed by atoms with Crippen LogP contribution in [0.25, 0.3) is 10.1 Å². The smallest absolute Gasteiger partial charge is 0.113 e. The van der Waals surface area contributed by atoms with Crippen LogP contribution >= 0.6 is 46.1 Å². The Morgan fingerprint density at radius 3 is 2.58 bits per heavy atom. The standard InChI is InChI=1S/C8H3Cl3S/c9-4-1-2-5-6(3-4)12-8(11)7(5)10/h1-3H. The van der Waals surface area contributed by atoms with Crippen molar-refractivity contribution >= 4 is 56.2 Å². The third kappa shape index (κ3) is 1.31. The van der Waals surface area contributed by atoms with Gasteiger partial charge in [-0.15, -0.1) is 11.3 Å². The average molecular weight is 238 g/mol. The van der Waals surface area contributed by atoms with Crippen LogP contribution in [0.1, 0.15) is 0 Å². The molecule has 0 fully saturated rings. The van der Waals surface area contributed by atoms with Crippen molar-refractivity contribution in [1.82, 2.24) is 0 Å². The lowest BCUT2D eigenvalue weighted by Crippen LogP contribution is -1.63. The molecule has 0 bridgehead atoms. The van der Waals surface area contributed by atoms with E-state index in [2.05, 4.69) is 0 Å². The van der Waals surface area contributed by atoms with Crippen LogP contribution in [0, 0.1) is 0 Å². The Labute approximate surface area is 88.7 Å². The molecule has 0 spiro atoms. The fraction of sp³-hybridized carbons (Fsp3) is 0. The van der Waals surface area contributed by atoms with Gasteiger partial charge in [-0.2, -0.15) is 0 Å². The lowest BCUT2D eigenvalue weighted by atomic mass is 10.3. The summed E-state index contributed by atoms with van der Waals surface area (Å²) in [6.07, 6.45) is 0. The van der Waals surface area contributed by atoms with Crippen LogP contribution in [0.5, 0.6) is 0 Å². The zero-order valence-corrected chi connectivity index (χ0v) is 8.86. The maximum absolute atomic E-state index is 5.93. The van der Waals surface area contributed by atoms with Gasteiger partial charge in [0.05, 0.1) is 5.02 Å². The molecule has 1 aromatic carbocycles. The maximum Gasteiger partial charge on any atom is 0.113 e. The molecule has 0 N–H and O–H groups in total. The van der Waals surface area contributed by atoms with E-state index in [1.807, 2.05) is 12.1 Å². The summed E-state index contributed by atoms with van der Waals surface area (Å²) in [6, 6.07) is 5.54. The molecule has 12 heavy (non-hydrogen) atoms. The van der Waals surface area contributed by atoms with Gasteiger partial charge in [0, 0.05) is 15.1 Å². The van der Waals surface area contributed by atoms with Gasteiger partial charge < -0.3 is 0 Å². The highest BCUT2D eigenvalue weighted by atomic mass is 35.5. The van der Waals surface area contributed by atoms with Crippen LogP contribution in [0.15, 0.2) is 18.2 Å². The lowest BCUT2D eigenvalue weighted by molar-refractivity contribution is 1.85. The molecule has 0 unspecified atom stereocenters. The van der Waals surface area contributed by atoms with E-state index >= 15 is 0 Å².